The first-order valence-electron chi connectivity index (χ1n) is 2.26. The van der Waals surface area contributed by atoms with Crippen molar-refractivity contribution in [2.45, 2.75) is 18.7 Å². The van der Waals surface area contributed by atoms with Gasteiger partial charge in [0.05, 0.1) is 12.5 Å². The van der Waals surface area contributed by atoms with Crippen LogP contribution in [0.5, 0.6) is 0 Å². The first-order chi connectivity index (χ1) is 3.95. The monoisotopic (exact) mass is 206 g/mol. The number of rotatable bonds is 2. The molecule has 0 aromatic rings. The molecule has 0 saturated carbocycles. The second kappa shape index (κ2) is 3.41. The summed E-state index contributed by atoms with van der Waals surface area (Å²) in [6, 6.07) is 0. The maximum absolute atomic E-state index is 11.3. The minimum absolute atomic E-state index is 0.0352. The molecule has 0 aliphatic rings. The van der Waals surface area contributed by atoms with Gasteiger partial charge in [-0.1, -0.05) is 15.9 Å². The van der Waals surface area contributed by atoms with Gasteiger partial charge in [-0.3, -0.25) is 0 Å². The van der Waals surface area contributed by atoms with E-state index < -0.39 is 18.7 Å². The van der Waals surface area contributed by atoms with E-state index in [0.717, 1.165) is 0 Å². The molecule has 56 valence electrons. The quantitative estimate of drug-likeness (QED) is 0.683. The van der Waals surface area contributed by atoms with Gasteiger partial charge in [0, 0.05) is 5.33 Å². The van der Waals surface area contributed by atoms with Gasteiger partial charge in [-0.05, 0) is 0 Å². The normalized spacial score (nSPS) is 15.7. The van der Waals surface area contributed by atoms with Crippen LogP contribution in [0.4, 0.5) is 13.2 Å². The summed E-state index contributed by atoms with van der Waals surface area (Å²) in [5.41, 5.74) is 0. The molecule has 0 aliphatic carbocycles. The summed E-state index contributed by atoms with van der Waals surface area (Å²) >= 11 is 2.72. The molecule has 1 N–H and O–H groups in total. The molecule has 0 spiro atoms. The van der Waals surface area contributed by atoms with Crippen LogP contribution in [-0.4, -0.2) is 22.7 Å². The first-order valence-corrected chi connectivity index (χ1v) is 3.38. The van der Waals surface area contributed by atoms with E-state index in [1.165, 1.54) is 0 Å². The molecule has 5 heteroatoms. The van der Waals surface area contributed by atoms with E-state index in [2.05, 4.69) is 15.9 Å². The number of alkyl halides is 4. The minimum atomic E-state index is -4.26. The van der Waals surface area contributed by atoms with E-state index in [1.807, 2.05) is 0 Å². The van der Waals surface area contributed by atoms with Crippen molar-refractivity contribution >= 4 is 15.9 Å². The fourth-order valence-electron chi connectivity index (χ4n) is 0.322. The number of hydrogen-bond donors (Lipinski definition) is 1. The van der Waals surface area contributed by atoms with E-state index >= 15 is 0 Å². The third kappa shape index (κ3) is 6.11. The lowest BCUT2D eigenvalue weighted by Gasteiger charge is -2.08. The number of halogens is 4. The van der Waals surface area contributed by atoms with Crippen LogP contribution in [-0.2, 0) is 0 Å². The van der Waals surface area contributed by atoms with Crippen LogP contribution in [0.2, 0.25) is 0 Å². The van der Waals surface area contributed by atoms with Crippen LogP contribution in [0.25, 0.3) is 0 Å². The summed E-state index contributed by atoms with van der Waals surface area (Å²) in [7, 11) is 0. The van der Waals surface area contributed by atoms with Crippen LogP contribution in [0, 0.1) is 0 Å². The van der Waals surface area contributed by atoms with Crippen LogP contribution >= 0.6 is 15.9 Å². The fraction of sp³-hybridized carbons (Fsp3) is 1.00. The van der Waals surface area contributed by atoms with E-state index in [1.54, 1.807) is 0 Å². The molecular weight excluding hydrogens is 201 g/mol. The van der Waals surface area contributed by atoms with Gasteiger partial charge in [0.1, 0.15) is 0 Å². The minimum Gasteiger partial charge on any atom is -0.392 e. The van der Waals surface area contributed by atoms with Crippen molar-refractivity contribution in [3.8, 4) is 0 Å². The van der Waals surface area contributed by atoms with Crippen LogP contribution in [0.1, 0.15) is 6.42 Å². The number of hydrogen-bond acceptors (Lipinski definition) is 1. The molecule has 0 rings (SSSR count). The summed E-state index contributed by atoms with van der Waals surface area (Å²) < 4.78 is 33.9. The lowest BCUT2D eigenvalue weighted by molar-refractivity contribution is -0.150. The average molecular weight is 207 g/mol. The molecule has 9 heavy (non-hydrogen) atoms. The molecule has 1 unspecified atom stereocenters. The Kier molecular flexibility index (Phi) is 3.50. The van der Waals surface area contributed by atoms with Gasteiger partial charge in [-0.25, -0.2) is 0 Å². The molecule has 0 fully saturated rings. The zero-order valence-corrected chi connectivity index (χ0v) is 6.04. The van der Waals surface area contributed by atoms with Gasteiger partial charge in [-0.2, -0.15) is 13.2 Å². The van der Waals surface area contributed by atoms with Crippen molar-refractivity contribution in [2.75, 3.05) is 5.33 Å². The van der Waals surface area contributed by atoms with Gasteiger partial charge in [0.15, 0.2) is 0 Å². The molecule has 0 aromatic carbocycles. The van der Waals surface area contributed by atoms with Crippen LogP contribution in [0.3, 0.4) is 0 Å². The molecule has 1 atom stereocenters. The standard InChI is InChI=1S/C4H6BrF3O/c5-2-3(9)1-4(6,7)8/h3,9H,1-2H2. The third-order valence-corrected chi connectivity index (χ3v) is 1.39. The van der Waals surface area contributed by atoms with Gasteiger partial charge in [0.2, 0.25) is 0 Å². The van der Waals surface area contributed by atoms with Crippen LogP contribution in [0.15, 0.2) is 0 Å². The Hall–Kier alpha value is 0.230. The van der Waals surface area contributed by atoms with E-state index in [0.29, 0.717) is 0 Å². The summed E-state index contributed by atoms with van der Waals surface area (Å²) in [6.07, 6.45) is -6.71. The zero-order valence-electron chi connectivity index (χ0n) is 4.45. The predicted molar refractivity (Wildman–Crippen MR) is 30.5 cm³/mol. The Labute approximate surface area is 59.0 Å². The average Bonchev–Trinajstić information content (AvgIpc) is 1.62. The number of aliphatic hydroxyl groups is 1. The summed E-state index contributed by atoms with van der Waals surface area (Å²) in [6.45, 7) is 0. The second-order valence-corrected chi connectivity index (χ2v) is 2.27. The van der Waals surface area contributed by atoms with Gasteiger partial charge in [0.25, 0.3) is 0 Å². The Balaban J connectivity index is 3.47. The zero-order chi connectivity index (χ0) is 7.49. The molecule has 0 radical (unpaired) electrons. The molecule has 1 nitrogen and oxygen atoms in total. The van der Waals surface area contributed by atoms with E-state index in [4.69, 9.17) is 5.11 Å². The van der Waals surface area contributed by atoms with Crippen molar-refractivity contribution in [1.29, 1.82) is 0 Å². The molecule has 0 heterocycles. The lowest BCUT2D eigenvalue weighted by Crippen LogP contribution is -2.19. The van der Waals surface area contributed by atoms with Gasteiger partial charge < -0.3 is 5.11 Å². The smallest absolute Gasteiger partial charge is 0.391 e. The Morgan fingerprint density at radius 3 is 2.00 bits per heavy atom. The second-order valence-electron chi connectivity index (χ2n) is 1.63. The van der Waals surface area contributed by atoms with Crippen molar-refractivity contribution in [3.63, 3.8) is 0 Å². The molecule has 0 aromatic heterocycles. The highest BCUT2D eigenvalue weighted by Crippen LogP contribution is 2.21. The van der Waals surface area contributed by atoms with E-state index in [9.17, 15) is 13.2 Å². The highest BCUT2D eigenvalue weighted by Gasteiger charge is 2.30. The summed E-state index contributed by atoms with van der Waals surface area (Å²) in [5, 5.41) is 8.39. The first kappa shape index (κ1) is 9.23. The SMILES string of the molecule is OC(CBr)CC(F)(F)F. The van der Waals surface area contributed by atoms with Crippen molar-refractivity contribution < 1.29 is 18.3 Å². The molecule has 0 bridgehead atoms. The van der Waals surface area contributed by atoms with Crippen molar-refractivity contribution in [3.05, 3.63) is 0 Å². The lowest BCUT2D eigenvalue weighted by atomic mass is 10.3. The molecule has 0 amide bonds. The largest absolute Gasteiger partial charge is 0.392 e. The topological polar surface area (TPSA) is 20.2 Å². The fourth-order valence-corrected chi connectivity index (χ4v) is 0.551. The molecular formula is C4H6BrF3O. The third-order valence-electron chi connectivity index (χ3n) is 0.645. The van der Waals surface area contributed by atoms with Gasteiger partial charge in [-0.15, -0.1) is 0 Å². The maximum Gasteiger partial charge on any atom is 0.391 e. The maximum atomic E-state index is 11.3. The Morgan fingerprint density at radius 1 is 1.44 bits per heavy atom. The molecule has 0 saturated heterocycles. The Morgan fingerprint density at radius 2 is 1.89 bits per heavy atom. The van der Waals surface area contributed by atoms with E-state index in [-0.39, 0.29) is 5.33 Å². The number of aliphatic hydroxyl groups excluding tert-OH is 1. The van der Waals surface area contributed by atoms with Crippen molar-refractivity contribution in [1.82, 2.24) is 0 Å². The molecule has 0 aliphatic heterocycles. The Bertz CT molecular complexity index is 82.4. The highest BCUT2D eigenvalue weighted by molar-refractivity contribution is 9.09. The van der Waals surface area contributed by atoms with Gasteiger partial charge >= 0.3 is 6.18 Å². The highest BCUT2D eigenvalue weighted by atomic mass is 79.9. The van der Waals surface area contributed by atoms with Crippen LogP contribution < -0.4 is 0 Å². The predicted octanol–water partition coefficient (Wildman–Crippen LogP) is 1.69. The van der Waals surface area contributed by atoms with Crippen molar-refractivity contribution in [2.24, 2.45) is 0 Å². The summed E-state index contributed by atoms with van der Waals surface area (Å²) in [5.74, 6) is 0. The summed E-state index contributed by atoms with van der Waals surface area (Å²) in [4.78, 5) is 0.